The predicted molar refractivity (Wildman–Crippen MR) is 206 cm³/mol. The van der Waals surface area contributed by atoms with Gasteiger partial charge in [-0.3, -0.25) is 14.6 Å². The Labute approximate surface area is 313 Å². The number of aromatic nitrogens is 2. The Balaban J connectivity index is 0.00000120. The number of imidazole rings is 1. The summed E-state index contributed by atoms with van der Waals surface area (Å²) in [6.07, 6.45) is 18.4. The SMILES string of the molecule is C#C.C#CC/C=C(\CN=CC)Cc1ccc(Cl)cc1C(=C)C[C@@H](NC(=O)CCOC)c1cncn1C.CC.CC(C(=O)N1CCNCC1)C(F)(F)F. The van der Waals surface area contributed by atoms with E-state index in [1.54, 1.807) is 25.8 Å². The topological polar surface area (TPSA) is 101 Å². The molecule has 2 heterocycles. The molecule has 2 N–H and O–H groups in total. The van der Waals surface area contributed by atoms with Crippen molar-refractivity contribution in [2.75, 3.05) is 46.4 Å². The summed E-state index contributed by atoms with van der Waals surface area (Å²) < 4.78 is 43.5. The number of benzene rings is 1. The average molecular weight is 747 g/mol. The molecule has 2 amide bonds. The normalized spacial score (nSPS) is 13.9. The number of carbonyl (C=O) groups is 2. The molecular weight excluding hydrogens is 693 g/mol. The highest BCUT2D eigenvalue weighted by Gasteiger charge is 2.43. The maximum absolute atomic E-state index is 12.5. The number of nitrogens with zero attached hydrogens (tertiary/aromatic N) is 4. The van der Waals surface area contributed by atoms with Crippen LogP contribution in [0, 0.1) is 31.1 Å². The lowest BCUT2D eigenvalue weighted by molar-refractivity contribution is -0.185. The van der Waals surface area contributed by atoms with Crippen molar-refractivity contribution in [2.45, 2.75) is 65.6 Å². The molecule has 2 atom stereocenters. The van der Waals surface area contributed by atoms with Gasteiger partial charge in [-0.05, 0) is 67.3 Å². The van der Waals surface area contributed by atoms with Crippen LogP contribution >= 0.6 is 11.6 Å². The van der Waals surface area contributed by atoms with Crippen LogP contribution in [0.1, 0.15) is 69.8 Å². The lowest BCUT2D eigenvalue weighted by atomic mass is 9.91. The largest absolute Gasteiger partial charge is 0.400 e. The first-order valence-corrected chi connectivity index (χ1v) is 17.4. The van der Waals surface area contributed by atoms with Crippen LogP contribution in [0.3, 0.4) is 0 Å². The molecule has 13 heteroatoms. The number of carbonyl (C=O) groups excluding carboxylic acids is 2. The van der Waals surface area contributed by atoms with E-state index in [1.807, 2.05) is 56.7 Å². The minimum absolute atomic E-state index is 0.0934. The van der Waals surface area contributed by atoms with Crippen LogP contribution < -0.4 is 10.6 Å². The molecule has 1 fully saturated rings. The van der Waals surface area contributed by atoms with Gasteiger partial charge in [0.25, 0.3) is 0 Å². The predicted octanol–water partition coefficient (Wildman–Crippen LogP) is 6.85. The van der Waals surface area contributed by atoms with E-state index in [0.717, 1.165) is 34.9 Å². The fraction of sp³-hybridized carbons (Fsp3) is 0.487. The van der Waals surface area contributed by atoms with Crippen LogP contribution in [0.25, 0.3) is 5.57 Å². The number of halogens is 4. The summed E-state index contributed by atoms with van der Waals surface area (Å²) in [4.78, 5) is 33.7. The van der Waals surface area contributed by atoms with Gasteiger partial charge in [0.2, 0.25) is 11.8 Å². The van der Waals surface area contributed by atoms with E-state index in [2.05, 4.69) is 46.0 Å². The van der Waals surface area contributed by atoms with E-state index in [4.69, 9.17) is 22.8 Å². The van der Waals surface area contributed by atoms with E-state index in [9.17, 15) is 22.8 Å². The molecular formula is C39H54ClF3N6O3. The summed E-state index contributed by atoms with van der Waals surface area (Å²) in [5.41, 5.74) is 4.92. The summed E-state index contributed by atoms with van der Waals surface area (Å²) in [5, 5.41) is 6.70. The molecule has 286 valence electrons. The van der Waals surface area contributed by atoms with Crippen molar-refractivity contribution >= 4 is 35.2 Å². The lowest BCUT2D eigenvalue weighted by Gasteiger charge is -2.30. The fourth-order valence-corrected chi connectivity index (χ4v) is 5.10. The number of allylic oxidation sites excluding steroid dienone is 1. The number of methoxy groups -OCH3 is 1. The Morgan fingerprint density at radius 2 is 1.90 bits per heavy atom. The first kappa shape index (κ1) is 47.6. The number of nitrogens with one attached hydrogen (secondary N) is 2. The third-order valence-electron chi connectivity index (χ3n) is 7.68. The maximum atomic E-state index is 12.5. The molecule has 0 saturated carbocycles. The molecule has 52 heavy (non-hydrogen) atoms. The summed E-state index contributed by atoms with van der Waals surface area (Å²) >= 11 is 6.36. The fourth-order valence-electron chi connectivity index (χ4n) is 4.93. The number of amides is 2. The Morgan fingerprint density at radius 3 is 2.44 bits per heavy atom. The molecule has 0 bridgehead atoms. The molecule has 1 unspecified atom stereocenters. The van der Waals surface area contributed by atoms with Crippen LogP contribution in [-0.2, 0) is 27.8 Å². The van der Waals surface area contributed by atoms with Gasteiger partial charge in [0.05, 0.1) is 37.4 Å². The molecule has 9 nitrogen and oxygen atoms in total. The zero-order valence-electron chi connectivity index (χ0n) is 31.2. The molecule has 0 spiro atoms. The highest BCUT2D eigenvalue weighted by Crippen LogP contribution is 2.31. The van der Waals surface area contributed by atoms with Gasteiger partial charge < -0.3 is 24.8 Å². The standard InChI is InChI=1S/C27H33ClN4O2.C8H13F3N2O.C2H6.C2H2/c1-6-8-9-21(17-29-7-2)15-22-10-11-23(28)16-24(22)20(3)14-25(26-18-30-19-32(26)4)31-27(33)12-13-34-5;1-6(8(9,10)11)7(14)13-4-2-12-3-5-13;2*1-2/h1,7,9-11,16,18-19,25H,3,8,12-15,17H2,2,4-5H3,(H,31,33);6,12H,2-5H2,1H3;1-2H3;1-2H/b21-9-,29-7?;;;/t25-;;;/m1.../s1. The number of hydrogen-bond acceptors (Lipinski definition) is 6. The van der Waals surface area contributed by atoms with Gasteiger partial charge in [-0.1, -0.05) is 44.2 Å². The number of aryl methyl sites for hydroxylation is 1. The van der Waals surface area contributed by atoms with E-state index in [1.165, 1.54) is 4.90 Å². The molecule has 2 aromatic rings. The van der Waals surface area contributed by atoms with Crippen LogP contribution in [0.4, 0.5) is 13.2 Å². The Kier molecular flexibility index (Phi) is 24.2. The second-order valence-electron chi connectivity index (χ2n) is 11.3. The zero-order valence-corrected chi connectivity index (χ0v) is 32.0. The van der Waals surface area contributed by atoms with Gasteiger partial charge in [-0.15, -0.1) is 25.2 Å². The van der Waals surface area contributed by atoms with Gasteiger partial charge in [-0.25, -0.2) is 4.98 Å². The molecule has 1 aliphatic rings. The van der Waals surface area contributed by atoms with E-state index >= 15 is 0 Å². The molecule has 1 aliphatic heterocycles. The second-order valence-corrected chi connectivity index (χ2v) is 11.7. The number of rotatable bonds is 14. The van der Waals surface area contributed by atoms with Crippen molar-refractivity contribution in [1.29, 1.82) is 0 Å². The summed E-state index contributed by atoms with van der Waals surface area (Å²) in [6, 6.07) is 5.52. The molecule has 1 saturated heterocycles. The quantitative estimate of drug-likeness (QED) is 0.125. The average Bonchev–Trinajstić information content (AvgIpc) is 3.58. The van der Waals surface area contributed by atoms with Crippen molar-refractivity contribution in [3.63, 3.8) is 0 Å². The van der Waals surface area contributed by atoms with Crippen molar-refractivity contribution < 1.29 is 27.5 Å². The second kappa shape index (κ2) is 26.4. The lowest BCUT2D eigenvalue weighted by Crippen LogP contribution is -2.50. The van der Waals surface area contributed by atoms with Crippen molar-refractivity contribution in [2.24, 2.45) is 18.0 Å². The molecule has 1 aromatic carbocycles. The van der Waals surface area contributed by atoms with Crippen LogP contribution in [0.2, 0.25) is 5.02 Å². The maximum Gasteiger partial charge on any atom is 0.400 e. The minimum Gasteiger partial charge on any atom is -0.384 e. The number of aliphatic imine (C=N–C) groups is 1. The van der Waals surface area contributed by atoms with Crippen molar-refractivity contribution in [3.05, 3.63) is 70.8 Å². The van der Waals surface area contributed by atoms with Gasteiger partial charge in [0.15, 0.2) is 0 Å². The van der Waals surface area contributed by atoms with Gasteiger partial charge in [0, 0.05) is 58.2 Å². The number of alkyl halides is 3. The highest BCUT2D eigenvalue weighted by atomic mass is 35.5. The van der Waals surface area contributed by atoms with Gasteiger partial charge in [-0.2, -0.15) is 13.2 Å². The minimum atomic E-state index is -4.43. The summed E-state index contributed by atoms with van der Waals surface area (Å²) in [7, 11) is 3.48. The Morgan fingerprint density at radius 1 is 1.25 bits per heavy atom. The molecule has 0 radical (unpaired) electrons. The van der Waals surface area contributed by atoms with E-state index in [0.29, 0.717) is 63.6 Å². The van der Waals surface area contributed by atoms with Crippen LogP contribution in [0.15, 0.2) is 53.9 Å². The summed E-state index contributed by atoms with van der Waals surface area (Å²) in [6.45, 7) is 14.0. The number of ether oxygens (including phenoxy) is 1. The number of terminal acetylenes is 2. The number of hydrogen-bond donors (Lipinski definition) is 2. The van der Waals surface area contributed by atoms with Crippen LogP contribution in [0.5, 0.6) is 0 Å². The zero-order chi connectivity index (χ0) is 39.7. The third kappa shape index (κ3) is 17.2. The molecule has 0 aliphatic carbocycles. The van der Waals surface area contributed by atoms with E-state index < -0.39 is 18.0 Å². The first-order valence-electron chi connectivity index (χ1n) is 17.0. The third-order valence-corrected chi connectivity index (χ3v) is 7.91. The van der Waals surface area contributed by atoms with Gasteiger partial charge in [0.1, 0.15) is 5.92 Å². The highest BCUT2D eigenvalue weighted by molar-refractivity contribution is 6.30. The molecule has 3 rings (SSSR count). The first-order chi connectivity index (χ1) is 24.8. The molecule has 1 aromatic heterocycles. The Hall–Kier alpha value is -4.36. The monoisotopic (exact) mass is 746 g/mol. The van der Waals surface area contributed by atoms with Gasteiger partial charge >= 0.3 is 6.18 Å². The van der Waals surface area contributed by atoms with Crippen molar-refractivity contribution in [3.8, 4) is 25.2 Å². The summed E-state index contributed by atoms with van der Waals surface area (Å²) in [5.74, 6) is -0.140. The van der Waals surface area contributed by atoms with Crippen LogP contribution in [-0.4, -0.2) is 85.1 Å². The Bertz CT molecular complexity index is 1500. The smallest absolute Gasteiger partial charge is 0.384 e. The number of piperazine rings is 1. The van der Waals surface area contributed by atoms with Crippen molar-refractivity contribution in [1.82, 2.24) is 25.1 Å². The van der Waals surface area contributed by atoms with E-state index in [-0.39, 0.29) is 18.4 Å².